The van der Waals surface area contributed by atoms with Crippen molar-refractivity contribution >= 4 is 15.4 Å². The average molecular weight is 180 g/mol. The first-order valence-corrected chi connectivity index (χ1v) is 5.19. The minimum atomic E-state index is 1.06. The van der Waals surface area contributed by atoms with Gasteiger partial charge in [0.25, 0.3) is 0 Å². The number of hydrogen-bond donors (Lipinski definition) is 0. The largest absolute Gasteiger partial charge is 0.497 e. The van der Waals surface area contributed by atoms with E-state index in [1.165, 1.54) is 21.9 Å². The fourth-order valence-electron chi connectivity index (χ4n) is 1.39. The Hall–Kier alpha value is -0.763. The lowest BCUT2D eigenvalue weighted by molar-refractivity contribution is 0.417. The van der Waals surface area contributed by atoms with Gasteiger partial charge in [-0.25, -0.2) is 0 Å². The fourth-order valence-corrected chi connectivity index (χ4v) is 2.11. The molecule has 66 valence electrons. The molecular weight excluding hydrogens is 164 g/mol. The zero-order chi connectivity index (χ0) is 9.30. The summed E-state index contributed by atoms with van der Waals surface area (Å²) < 4.78 is 5.30. The molecule has 0 fully saturated rings. The summed E-state index contributed by atoms with van der Waals surface area (Å²) in [6, 6.07) is 2.13. The van der Waals surface area contributed by atoms with Crippen LogP contribution in [0.5, 0.6) is 5.75 Å². The van der Waals surface area contributed by atoms with E-state index in [0.717, 1.165) is 16.0 Å². The van der Waals surface area contributed by atoms with Crippen molar-refractivity contribution in [3.05, 3.63) is 22.8 Å². The summed E-state index contributed by atoms with van der Waals surface area (Å²) in [5.41, 5.74) is 4.13. The first-order chi connectivity index (χ1) is 5.57. The van der Waals surface area contributed by atoms with Gasteiger partial charge in [-0.3, -0.25) is 0 Å². The molecule has 0 aliphatic rings. The molecule has 2 heteroatoms. The van der Waals surface area contributed by atoms with Crippen LogP contribution < -0.4 is 9.92 Å². The second-order valence-corrected chi connectivity index (χ2v) is 4.27. The molecule has 1 aromatic carbocycles. The highest BCUT2D eigenvalue weighted by Gasteiger charge is 2.05. The molecule has 0 saturated heterocycles. The van der Waals surface area contributed by atoms with E-state index in [9.17, 15) is 0 Å². The Kier molecular flexibility index (Phi) is 2.57. The van der Waals surface area contributed by atoms with E-state index < -0.39 is 0 Å². The van der Waals surface area contributed by atoms with Gasteiger partial charge in [0.2, 0.25) is 0 Å². The van der Waals surface area contributed by atoms with E-state index >= 15 is 0 Å². The van der Waals surface area contributed by atoms with Crippen LogP contribution in [0.2, 0.25) is 0 Å². The molecule has 1 nitrogen and oxygen atoms in total. The Morgan fingerprint density at radius 3 is 2.25 bits per heavy atom. The van der Waals surface area contributed by atoms with E-state index in [1.807, 2.05) is 0 Å². The van der Waals surface area contributed by atoms with Gasteiger partial charge in [-0.05, 0) is 48.7 Å². The summed E-state index contributed by atoms with van der Waals surface area (Å²) in [7, 11) is 2.80. The van der Waals surface area contributed by atoms with Crippen LogP contribution >= 0.6 is 0 Å². The van der Waals surface area contributed by atoms with Crippen molar-refractivity contribution in [3.63, 3.8) is 0 Å². The van der Waals surface area contributed by atoms with Crippen LogP contribution in [0.25, 0.3) is 0 Å². The number of hydrogen-bond acceptors (Lipinski definition) is 1. The third-order valence-corrected chi connectivity index (χ3v) is 3.90. The van der Waals surface area contributed by atoms with Crippen LogP contribution in [-0.2, 0) is 0 Å². The molecule has 0 atom stereocenters. The third-order valence-electron chi connectivity index (χ3n) is 2.65. The van der Waals surface area contributed by atoms with Crippen LogP contribution in [0.15, 0.2) is 6.07 Å². The maximum absolute atomic E-state index is 5.30. The summed E-state index contributed by atoms with van der Waals surface area (Å²) in [4.78, 5) is 0. The van der Waals surface area contributed by atoms with E-state index in [2.05, 4.69) is 26.8 Å². The van der Waals surface area contributed by atoms with Gasteiger partial charge in [-0.15, -0.1) is 0 Å². The van der Waals surface area contributed by atoms with Gasteiger partial charge in [0.1, 0.15) is 5.75 Å². The molecule has 0 unspecified atom stereocenters. The van der Waals surface area contributed by atoms with Crippen LogP contribution in [0.3, 0.4) is 0 Å². The lowest BCUT2D eigenvalue weighted by Gasteiger charge is -2.12. The highest BCUT2D eigenvalue weighted by molar-refractivity contribution is 6.35. The van der Waals surface area contributed by atoms with Crippen molar-refractivity contribution in [2.45, 2.75) is 20.8 Å². The average Bonchev–Trinajstić information content (AvgIpc) is 2.08. The Bertz CT molecular complexity index is 305. The van der Waals surface area contributed by atoms with Crippen molar-refractivity contribution < 1.29 is 4.74 Å². The highest BCUT2D eigenvalue weighted by atomic mass is 28.1. The van der Waals surface area contributed by atoms with Gasteiger partial charge >= 0.3 is 0 Å². The number of aryl methyl sites for hydroxylation is 1. The molecular formula is C10H16OSi. The van der Waals surface area contributed by atoms with Gasteiger partial charge < -0.3 is 4.74 Å². The molecule has 0 spiro atoms. The van der Waals surface area contributed by atoms with Gasteiger partial charge in [0, 0.05) is 10.2 Å². The Morgan fingerprint density at radius 2 is 1.75 bits per heavy atom. The van der Waals surface area contributed by atoms with Gasteiger partial charge in [-0.2, -0.15) is 0 Å². The van der Waals surface area contributed by atoms with Crippen molar-refractivity contribution in [1.82, 2.24) is 0 Å². The summed E-state index contributed by atoms with van der Waals surface area (Å²) >= 11 is 0. The molecule has 0 aromatic heterocycles. The predicted octanol–water partition coefficient (Wildman–Crippen LogP) is 0.611. The first-order valence-electron chi connectivity index (χ1n) is 4.19. The zero-order valence-electron chi connectivity index (χ0n) is 8.49. The van der Waals surface area contributed by atoms with E-state index in [0.29, 0.717) is 0 Å². The van der Waals surface area contributed by atoms with E-state index in [1.54, 1.807) is 7.11 Å². The number of benzene rings is 1. The van der Waals surface area contributed by atoms with E-state index in [-0.39, 0.29) is 0 Å². The topological polar surface area (TPSA) is 9.23 Å². The van der Waals surface area contributed by atoms with Gasteiger partial charge in [-0.1, -0.05) is 0 Å². The highest BCUT2D eigenvalue weighted by Crippen LogP contribution is 2.17. The monoisotopic (exact) mass is 180 g/mol. The van der Waals surface area contributed by atoms with Crippen LogP contribution in [0, 0.1) is 20.8 Å². The molecule has 0 saturated carbocycles. The summed E-state index contributed by atoms with van der Waals surface area (Å²) in [5.74, 6) is 1.06. The van der Waals surface area contributed by atoms with E-state index in [4.69, 9.17) is 4.74 Å². The Morgan fingerprint density at radius 1 is 1.17 bits per heavy atom. The predicted molar refractivity (Wildman–Crippen MR) is 56.8 cm³/mol. The van der Waals surface area contributed by atoms with Crippen molar-refractivity contribution in [2.24, 2.45) is 0 Å². The van der Waals surface area contributed by atoms with Crippen LogP contribution in [0.1, 0.15) is 16.7 Å². The number of rotatable bonds is 1. The minimum Gasteiger partial charge on any atom is -0.497 e. The quantitative estimate of drug-likeness (QED) is 0.575. The molecule has 0 radical (unpaired) electrons. The number of ether oxygens (including phenoxy) is 1. The minimum absolute atomic E-state index is 1.06. The second-order valence-electron chi connectivity index (χ2n) is 3.27. The fraction of sp³-hybridized carbons (Fsp3) is 0.400. The lowest BCUT2D eigenvalue weighted by Crippen LogP contribution is -2.13. The summed E-state index contributed by atoms with van der Waals surface area (Å²) in [6.45, 7) is 6.48. The molecule has 0 N–H and O–H groups in total. The maximum Gasteiger partial charge on any atom is 0.117 e. The molecule has 0 bridgehead atoms. The molecule has 0 aliphatic carbocycles. The normalized spacial score (nSPS) is 10.3. The Labute approximate surface area is 77.2 Å². The molecule has 12 heavy (non-hydrogen) atoms. The Balaban J connectivity index is 3.39. The zero-order valence-corrected chi connectivity index (χ0v) is 10.5. The van der Waals surface area contributed by atoms with Gasteiger partial charge in [0.15, 0.2) is 0 Å². The summed E-state index contributed by atoms with van der Waals surface area (Å²) in [6.07, 6.45) is 0. The maximum atomic E-state index is 5.30. The second kappa shape index (κ2) is 3.31. The SMILES string of the molecule is COc1cc(C)c(C)c(C)c1[SiH3]. The van der Waals surface area contributed by atoms with Crippen molar-refractivity contribution in [1.29, 1.82) is 0 Å². The summed E-state index contributed by atoms with van der Waals surface area (Å²) in [5, 5.41) is 1.39. The van der Waals surface area contributed by atoms with Crippen LogP contribution in [-0.4, -0.2) is 17.4 Å². The smallest absolute Gasteiger partial charge is 0.117 e. The third kappa shape index (κ3) is 1.39. The molecule has 0 aliphatic heterocycles. The number of methoxy groups -OCH3 is 1. The lowest BCUT2D eigenvalue weighted by atomic mass is 10.0. The first kappa shape index (κ1) is 9.33. The van der Waals surface area contributed by atoms with Gasteiger partial charge in [0.05, 0.1) is 7.11 Å². The standard InChI is InChI=1S/C10H16OSi/c1-6-5-9(11-4)10(12)8(3)7(6)2/h5H,1-4,12H3. The molecule has 1 rings (SSSR count). The molecule has 1 aromatic rings. The van der Waals surface area contributed by atoms with Crippen molar-refractivity contribution in [3.8, 4) is 5.75 Å². The molecule has 0 heterocycles. The van der Waals surface area contributed by atoms with Crippen molar-refractivity contribution in [2.75, 3.05) is 7.11 Å². The molecule has 0 amide bonds. The van der Waals surface area contributed by atoms with Crippen LogP contribution in [0.4, 0.5) is 0 Å².